The Morgan fingerprint density at radius 3 is 2.86 bits per heavy atom. The Balaban J connectivity index is 0.00000225. The average Bonchev–Trinajstić information content (AvgIpc) is 3.36. The highest BCUT2D eigenvalue weighted by Crippen LogP contribution is 2.37. The van der Waals surface area contributed by atoms with Crippen molar-refractivity contribution < 1.29 is 14.2 Å². The number of hydrogen-bond acceptors (Lipinski definition) is 8. The molecule has 0 saturated heterocycles. The summed E-state index contributed by atoms with van der Waals surface area (Å²) in [6, 6.07) is 2.01. The number of aliphatic hydroxyl groups excluding tert-OH is 1. The standard InChI is InChI=1S/C16H13ClFN5O2S2.ClH/c17-10-4-13(25-7-8(19)6-24)11(18)3-9(10)14-21-22-15(27-14)12-5-23-1-2-26-16(23)20-12;/h1-5,8,24H,6-7,19H2;1H. The SMILES string of the molecule is Cl.NC(CO)COc1cc(Cl)c(-c2nnc(-c3cn4ccsc4n3)s2)cc1F. The van der Waals surface area contributed by atoms with Crippen LogP contribution in [0.2, 0.25) is 5.02 Å². The first-order chi connectivity index (χ1) is 13.0. The lowest BCUT2D eigenvalue weighted by atomic mass is 10.2. The number of imidazole rings is 1. The summed E-state index contributed by atoms with van der Waals surface area (Å²) in [4.78, 5) is 5.34. The van der Waals surface area contributed by atoms with E-state index in [9.17, 15) is 4.39 Å². The van der Waals surface area contributed by atoms with E-state index in [-0.39, 0.29) is 36.4 Å². The summed E-state index contributed by atoms with van der Waals surface area (Å²) >= 11 is 9.07. The van der Waals surface area contributed by atoms with Gasteiger partial charge in [0.25, 0.3) is 0 Å². The van der Waals surface area contributed by atoms with Gasteiger partial charge in [-0.2, -0.15) is 0 Å². The summed E-state index contributed by atoms with van der Waals surface area (Å²) in [7, 11) is 0. The highest BCUT2D eigenvalue weighted by atomic mass is 35.5. The van der Waals surface area contributed by atoms with E-state index in [1.165, 1.54) is 34.8 Å². The molecule has 4 aromatic rings. The van der Waals surface area contributed by atoms with Crippen LogP contribution in [0, 0.1) is 5.82 Å². The summed E-state index contributed by atoms with van der Waals surface area (Å²) in [6.45, 7) is -0.281. The molecule has 0 aliphatic heterocycles. The molecule has 0 aliphatic rings. The topological polar surface area (TPSA) is 98.6 Å². The van der Waals surface area contributed by atoms with Crippen molar-refractivity contribution in [2.45, 2.75) is 6.04 Å². The molecule has 1 atom stereocenters. The molecule has 1 unspecified atom stereocenters. The minimum absolute atomic E-state index is 0. The first-order valence-electron chi connectivity index (χ1n) is 7.80. The van der Waals surface area contributed by atoms with Gasteiger partial charge in [-0.05, 0) is 6.07 Å². The van der Waals surface area contributed by atoms with Crippen molar-refractivity contribution in [2.75, 3.05) is 13.2 Å². The van der Waals surface area contributed by atoms with E-state index < -0.39 is 11.9 Å². The van der Waals surface area contributed by atoms with Crippen molar-refractivity contribution in [3.63, 3.8) is 0 Å². The summed E-state index contributed by atoms with van der Waals surface area (Å²) in [5, 5.41) is 20.5. The Morgan fingerprint density at radius 2 is 2.11 bits per heavy atom. The van der Waals surface area contributed by atoms with Crippen molar-refractivity contribution >= 4 is 51.6 Å². The maximum Gasteiger partial charge on any atom is 0.194 e. The lowest BCUT2D eigenvalue weighted by Gasteiger charge is -2.12. The van der Waals surface area contributed by atoms with Crippen LogP contribution in [0.3, 0.4) is 0 Å². The number of rotatable bonds is 6. The molecule has 0 radical (unpaired) electrons. The van der Waals surface area contributed by atoms with Crippen molar-refractivity contribution in [2.24, 2.45) is 5.73 Å². The first kappa shape index (κ1) is 20.9. The van der Waals surface area contributed by atoms with Gasteiger partial charge in [-0.15, -0.1) is 33.9 Å². The second-order valence-corrected chi connectivity index (χ2v) is 7.91. The lowest BCUT2D eigenvalue weighted by molar-refractivity contribution is 0.202. The van der Waals surface area contributed by atoms with Crippen LogP contribution < -0.4 is 10.5 Å². The molecule has 0 bridgehead atoms. The second kappa shape index (κ2) is 8.68. The smallest absolute Gasteiger partial charge is 0.194 e. The Kier molecular flexibility index (Phi) is 6.48. The minimum Gasteiger partial charge on any atom is -0.489 e. The highest BCUT2D eigenvalue weighted by Gasteiger charge is 2.17. The molecule has 1 aromatic carbocycles. The number of nitrogens with two attached hydrogens (primary N) is 1. The number of nitrogens with zero attached hydrogens (tertiary/aromatic N) is 4. The fraction of sp³-hybridized carbons (Fsp3) is 0.188. The molecule has 3 aromatic heterocycles. The number of halogens is 3. The zero-order valence-electron chi connectivity index (χ0n) is 14.1. The van der Waals surface area contributed by atoms with E-state index in [1.807, 2.05) is 22.2 Å². The van der Waals surface area contributed by atoms with Gasteiger partial charge < -0.3 is 15.6 Å². The molecule has 0 saturated carbocycles. The molecule has 0 aliphatic carbocycles. The monoisotopic (exact) mass is 461 g/mol. The van der Waals surface area contributed by atoms with Crippen molar-refractivity contribution in [3.8, 4) is 27.0 Å². The molecule has 0 spiro atoms. The number of aromatic nitrogens is 4. The Bertz CT molecular complexity index is 1070. The van der Waals surface area contributed by atoms with Crippen LogP contribution in [0.1, 0.15) is 0 Å². The molecular weight excluding hydrogens is 448 g/mol. The van der Waals surface area contributed by atoms with Crippen LogP contribution >= 0.6 is 46.7 Å². The van der Waals surface area contributed by atoms with Gasteiger partial charge in [0.15, 0.2) is 21.5 Å². The third-order valence-corrected chi connectivity index (χ3v) is 5.74. The molecule has 3 N–H and O–H groups in total. The van der Waals surface area contributed by atoms with E-state index in [1.54, 1.807) is 0 Å². The minimum atomic E-state index is -0.599. The van der Waals surface area contributed by atoms with Crippen LogP contribution in [0.25, 0.3) is 26.2 Å². The van der Waals surface area contributed by atoms with Gasteiger partial charge in [0.2, 0.25) is 0 Å². The molecule has 148 valence electrons. The van der Waals surface area contributed by atoms with Gasteiger partial charge in [0, 0.05) is 29.4 Å². The van der Waals surface area contributed by atoms with Crippen molar-refractivity contribution in [3.05, 3.63) is 40.7 Å². The lowest BCUT2D eigenvalue weighted by Crippen LogP contribution is -2.31. The van der Waals surface area contributed by atoms with Gasteiger partial charge in [-0.25, -0.2) is 9.37 Å². The van der Waals surface area contributed by atoms with Gasteiger partial charge in [-0.3, -0.25) is 4.40 Å². The Hall–Kier alpha value is -1.82. The molecule has 12 heteroatoms. The average molecular weight is 462 g/mol. The van der Waals surface area contributed by atoms with Crippen LogP contribution in [-0.4, -0.2) is 43.9 Å². The molecule has 4 rings (SSSR count). The van der Waals surface area contributed by atoms with Crippen molar-refractivity contribution in [1.82, 2.24) is 19.6 Å². The van der Waals surface area contributed by atoms with Gasteiger partial charge in [0.1, 0.15) is 17.3 Å². The summed E-state index contributed by atoms with van der Waals surface area (Å²) in [5.74, 6) is -0.634. The largest absolute Gasteiger partial charge is 0.489 e. The molecule has 7 nitrogen and oxygen atoms in total. The quantitative estimate of drug-likeness (QED) is 0.455. The summed E-state index contributed by atoms with van der Waals surface area (Å²) < 4.78 is 21.5. The fourth-order valence-corrected chi connectivity index (χ4v) is 4.15. The van der Waals surface area contributed by atoms with E-state index in [2.05, 4.69) is 15.2 Å². The number of fused-ring (bicyclic) bond motifs is 1. The maximum absolute atomic E-state index is 14.4. The summed E-state index contributed by atoms with van der Waals surface area (Å²) in [6.07, 6.45) is 3.77. The molecular formula is C16H14Cl2FN5O2S2. The van der Waals surface area contributed by atoms with E-state index in [4.69, 9.17) is 27.2 Å². The Labute approximate surface area is 178 Å². The zero-order valence-corrected chi connectivity index (χ0v) is 17.3. The molecule has 0 fully saturated rings. The highest BCUT2D eigenvalue weighted by molar-refractivity contribution is 7.18. The second-order valence-electron chi connectivity index (χ2n) is 5.65. The van der Waals surface area contributed by atoms with Gasteiger partial charge in [-0.1, -0.05) is 22.9 Å². The summed E-state index contributed by atoms with van der Waals surface area (Å²) in [5.41, 5.74) is 6.66. The third kappa shape index (κ3) is 4.12. The van der Waals surface area contributed by atoms with Crippen molar-refractivity contribution in [1.29, 1.82) is 0 Å². The number of thiazole rings is 1. The normalized spacial score (nSPS) is 12.1. The maximum atomic E-state index is 14.4. The zero-order chi connectivity index (χ0) is 19.0. The van der Waals surface area contributed by atoms with Crippen LogP contribution in [0.5, 0.6) is 5.75 Å². The Morgan fingerprint density at radius 1 is 1.32 bits per heavy atom. The number of aliphatic hydroxyl groups is 1. The van der Waals surface area contributed by atoms with Crippen LogP contribution in [-0.2, 0) is 0 Å². The predicted molar refractivity (Wildman–Crippen MR) is 110 cm³/mol. The predicted octanol–water partition coefficient (Wildman–Crippen LogP) is 3.49. The van der Waals surface area contributed by atoms with Crippen LogP contribution in [0.15, 0.2) is 29.9 Å². The number of benzene rings is 1. The molecule has 3 heterocycles. The van der Waals surface area contributed by atoms with Gasteiger partial charge in [0.05, 0.1) is 17.7 Å². The molecule has 0 amide bonds. The first-order valence-corrected chi connectivity index (χ1v) is 9.87. The van der Waals surface area contributed by atoms with E-state index >= 15 is 0 Å². The third-order valence-electron chi connectivity index (χ3n) is 3.68. The van der Waals surface area contributed by atoms with Crippen LogP contribution in [0.4, 0.5) is 4.39 Å². The van der Waals surface area contributed by atoms with E-state index in [0.29, 0.717) is 21.3 Å². The fourth-order valence-electron chi connectivity index (χ4n) is 2.32. The molecule has 28 heavy (non-hydrogen) atoms. The number of hydrogen-bond donors (Lipinski definition) is 2. The number of ether oxygens (including phenoxy) is 1. The van der Waals surface area contributed by atoms with E-state index in [0.717, 1.165) is 4.96 Å². The van der Waals surface area contributed by atoms with Gasteiger partial charge >= 0.3 is 0 Å².